The average molecular weight is 289 g/mol. The summed E-state index contributed by atoms with van der Waals surface area (Å²) < 4.78 is 5.67. The molecule has 19 heavy (non-hydrogen) atoms. The molecule has 0 aromatic heterocycles. The normalized spacial score (nSPS) is 10.9. The van der Waals surface area contributed by atoms with Crippen LogP contribution in [0, 0.1) is 0 Å². The molecule has 1 amide bonds. The number of thiol groups is 1. The van der Waals surface area contributed by atoms with Crippen molar-refractivity contribution in [2.24, 2.45) is 0 Å². The first kappa shape index (κ1) is 18.0. The Bertz CT molecular complexity index is 330. The Morgan fingerprint density at radius 2 is 1.95 bits per heavy atom. The van der Waals surface area contributed by atoms with E-state index in [4.69, 9.17) is 4.74 Å². The maximum atomic E-state index is 11.5. The summed E-state index contributed by atoms with van der Waals surface area (Å²) in [5, 5.41) is 2.77. The Labute approximate surface area is 121 Å². The van der Waals surface area contributed by atoms with Crippen molar-refractivity contribution in [1.29, 1.82) is 0 Å². The van der Waals surface area contributed by atoms with Gasteiger partial charge in [0.2, 0.25) is 5.91 Å². The minimum absolute atomic E-state index is 0.0270. The highest BCUT2D eigenvalue weighted by Gasteiger charge is 2.17. The summed E-state index contributed by atoms with van der Waals surface area (Å²) in [5.41, 5.74) is 0.399. The van der Waals surface area contributed by atoms with E-state index in [1.807, 2.05) is 14.1 Å². The topological polar surface area (TPSA) is 55.4 Å². The number of nitrogens with zero attached hydrogens (tertiary/aromatic N) is 1. The number of likely N-dealkylation sites (N-methyl/N-ethyl adjacent to an activating group) is 1. The molecular formula is C13H25N2O3S+. The van der Waals surface area contributed by atoms with Gasteiger partial charge < -0.3 is 14.5 Å². The number of ether oxygens (including phenoxy) is 1. The van der Waals surface area contributed by atoms with Crippen molar-refractivity contribution in [1.82, 2.24) is 5.32 Å². The molecule has 0 spiro atoms. The van der Waals surface area contributed by atoms with Crippen LogP contribution < -0.4 is 5.32 Å². The van der Waals surface area contributed by atoms with Crippen LogP contribution in [0.2, 0.25) is 0 Å². The van der Waals surface area contributed by atoms with Crippen molar-refractivity contribution in [2.45, 2.75) is 13.3 Å². The van der Waals surface area contributed by atoms with E-state index in [9.17, 15) is 9.59 Å². The minimum Gasteiger partial charge on any atom is -0.456 e. The Hall–Kier alpha value is -1.01. The van der Waals surface area contributed by atoms with Crippen LogP contribution in [0.4, 0.5) is 0 Å². The molecule has 5 nitrogen and oxygen atoms in total. The lowest BCUT2D eigenvalue weighted by Gasteiger charge is -2.29. The summed E-state index contributed by atoms with van der Waals surface area (Å²) in [6.45, 7) is 7.42. The van der Waals surface area contributed by atoms with E-state index in [2.05, 4.69) is 24.5 Å². The third kappa shape index (κ3) is 9.55. The number of amides is 1. The Balaban J connectivity index is 3.88. The number of quaternary nitrogens is 1. The summed E-state index contributed by atoms with van der Waals surface area (Å²) in [7, 11) is 4.00. The van der Waals surface area contributed by atoms with Crippen LogP contribution in [-0.4, -0.2) is 62.4 Å². The molecule has 0 heterocycles. The van der Waals surface area contributed by atoms with E-state index in [0.29, 0.717) is 48.5 Å². The SMILES string of the molecule is C=C(C)C(=O)OCC[N+](C)(C)CCC(=O)NCCS. The Morgan fingerprint density at radius 1 is 1.32 bits per heavy atom. The third-order valence-electron chi connectivity index (χ3n) is 2.66. The largest absolute Gasteiger partial charge is 0.456 e. The summed E-state index contributed by atoms with van der Waals surface area (Å²) in [6.07, 6.45) is 0.454. The highest BCUT2D eigenvalue weighted by atomic mass is 32.1. The van der Waals surface area contributed by atoms with Gasteiger partial charge >= 0.3 is 5.97 Å². The van der Waals surface area contributed by atoms with Crippen LogP contribution >= 0.6 is 12.6 Å². The average Bonchev–Trinajstić information content (AvgIpc) is 2.33. The maximum Gasteiger partial charge on any atom is 0.333 e. The number of rotatable bonds is 9. The quantitative estimate of drug-likeness (QED) is 0.283. The fourth-order valence-corrected chi connectivity index (χ4v) is 1.42. The second-order valence-electron chi connectivity index (χ2n) is 5.12. The van der Waals surface area contributed by atoms with Crippen molar-refractivity contribution < 1.29 is 18.8 Å². The second-order valence-corrected chi connectivity index (χ2v) is 5.57. The first-order valence-electron chi connectivity index (χ1n) is 6.30. The number of hydrogen-bond acceptors (Lipinski definition) is 4. The second kappa shape index (κ2) is 8.98. The van der Waals surface area contributed by atoms with Gasteiger partial charge in [0.25, 0.3) is 0 Å². The third-order valence-corrected chi connectivity index (χ3v) is 2.88. The first-order chi connectivity index (χ1) is 8.78. The molecule has 0 radical (unpaired) electrons. The molecule has 0 saturated heterocycles. The van der Waals surface area contributed by atoms with Gasteiger partial charge in [-0.15, -0.1) is 0 Å². The van der Waals surface area contributed by atoms with Crippen molar-refractivity contribution in [3.8, 4) is 0 Å². The van der Waals surface area contributed by atoms with E-state index >= 15 is 0 Å². The van der Waals surface area contributed by atoms with Gasteiger partial charge in [0.1, 0.15) is 13.2 Å². The van der Waals surface area contributed by atoms with Gasteiger partial charge in [-0.1, -0.05) is 6.58 Å². The van der Waals surface area contributed by atoms with Gasteiger partial charge in [0.05, 0.1) is 27.1 Å². The van der Waals surface area contributed by atoms with Crippen molar-refractivity contribution in [3.63, 3.8) is 0 Å². The lowest BCUT2D eigenvalue weighted by atomic mass is 10.3. The van der Waals surface area contributed by atoms with Crippen LogP contribution in [0.1, 0.15) is 13.3 Å². The zero-order valence-corrected chi connectivity index (χ0v) is 13.0. The standard InChI is InChI=1S/C13H24N2O3S/c1-11(2)13(17)18-9-8-15(3,4)7-5-12(16)14-6-10-19/h1,5-10H2,2-4H3,(H-,14,16,19)/p+1. The molecule has 0 atom stereocenters. The molecule has 0 aliphatic rings. The van der Waals surface area contributed by atoms with E-state index in [1.165, 1.54) is 0 Å². The molecule has 0 fully saturated rings. The van der Waals surface area contributed by atoms with Crippen LogP contribution in [0.15, 0.2) is 12.2 Å². The van der Waals surface area contributed by atoms with Gasteiger partial charge in [-0.05, 0) is 6.92 Å². The monoisotopic (exact) mass is 289 g/mol. The van der Waals surface area contributed by atoms with Gasteiger partial charge in [-0.2, -0.15) is 12.6 Å². The van der Waals surface area contributed by atoms with E-state index in [-0.39, 0.29) is 11.9 Å². The molecule has 0 aliphatic carbocycles. The molecular weight excluding hydrogens is 264 g/mol. The number of hydrogen-bond donors (Lipinski definition) is 2. The molecule has 0 bridgehead atoms. The number of carbonyl (C=O) groups excluding carboxylic acids is 2. The van der Waals surface area contributed by atoms with Crippen LogP contribution in [0.3, 0.4) is 0 Å². The zero-order chi connectivity index (χ0) is 14.9. The van der Waals surface area contributed by atoms with E-state index in [1.54, 1.807) is 6.92 Å². The van der Waals surface area contributed by atoms with Crippen molar-refractivity contribution >= 4 is 24.5 Å². The summed E-state index contributed by atoms with van der Waals surface area (Å²) >= 11 is 4.03. The molecule has 6 heteroatoms. The Morgan fingerprint density at radius 3 is 2.47 bits per heavy atom. The van der Waals surface area contributed by atoms with Crippen molar-refractivity contribution in [3.05, 3.63) is 12.2 Å². The predicted molar refractivity (Wildman–Crippen MR) is 79.1 cm³/mol. The van der Waals surface area contributed by atoms with Gasteiger partial charge in [-0.25, -0.2) is 4.79 Å². The summed E-state index contributed by atoms with van der Waals surface area (Å²) in [5.74, 6) is 0.298. The maximum absolute atomic E-state index is 11.5. The summed E-state index contributed by atoms with van der Waals surface area (Å²) in [6, 6.07) is 0. The first-order valence-corrected chi connectivity index (χ1v) is 6.94. The molecule has 0 rings (SSSR count). The van der Waals surface area contributed by atoms with Crippen LogP contribution in [0.25, 0.3) is 0 Å². The zero-order valence-electron chi connectivity index (χ0n) is 12.1. The highest BCUT2D eigenvalue weighted by Crippen LogP contribution is 2.01. The van der Waals surface area contributed by atoms with Crippen molar-refractivity contribution in [2.75, 3.05) is 46.1 Å². The minimum atomic E-state index is -0.369. The highest BCUT2D eigenvalue weighted by molar-refractivity contribution is 7.80. The smallest absolute Gasteiger partial charge is 0.333 e. The molecule has 0 aromatic rings. The lowest BCUT2D eigenvalue weighted by molar-refractivity contribution is -0.889. The molecule has 1 N–H and O–H groups in total. The summed E-state index contributed by atoms with van der Waals surface area (Å²) in [4.78, 5) is 22.7. The van der Waals surface area contributed by atoms with Gasteiger partial charge in [0.15, 0.2) is 0 Å². The molecule has 0 aliphatic heterocycles. The predicted octanol–water partition coefficient (Wildman–Crippen LogP) is 0.618. The lowest BCUT2D eigenvalue weighted by Crippen LogP contribution is -2.45. The fraction of sp³-hybridized carbons (Fsp3) is 0.692. The number of nitrogens with one attached hydrogen (secondary N) is 1. The molecule has 0 saturated carbocycles. The molecule has 110 valence electrons. The number of esters is 1. The van der Waals surface area contributed by atoms with Crippen LogP contribution in [-0.2, 0) is 14.3 Å². The van der Waals surface area contributed by atoms with E-state index < -0.39 is 0 Å². The number of carbonyl (C=O) groups is 2. The van der Waals surface area contributed by atoms with Crippen LogP contribution in [0.5, 0.6) is 0 Å². The van der Waals surface area contributed by atoms with E-state index in [0.717, 1.165) is 0 Å². The van der Waals surface area contributed by atoms with Gasteiger partial charge in [0, 0.05) is 17.9 Å². The fourth-order valence-electron chi connectivity index (χ4n) is 1.31. The molecule has 0 aromatic carbocycles. The molecule has 0 unspecified atom stereocenters. The Kier molecular flexibility index (Phi) is 8.51. The van der Waals surface area contributed by atoms with Gasteiger partial charge in [-0.3, -0.25) is 4.79 Å².